The number of nitro benzene ring substituents is 2. The van der Waals surface area contributed by atoms with Gasteiger partial charge in [-0.1, -0.05) is 11.3 Å². The van der Waals surface area contributed by atoms with Crippen molar-refractivity contribution in [1.82, 2.24) is 4.98 Å². The smallest absolute Gasteiger partial charge is 0.350 e. The second-order valence-corrected chi connectivity index (χ2v) is 11.4. The maximum absolute atomic E-state index is 12.9. The van der Waals surface area contributed by atoms with E-state index in [9.17, 15) is 38.2 Å². The first-order valence-corrected chi connectivity index (χ1v) is 14.6. The van der Waals surface area contributed by atoms with Gasteiger partial charge < -0.3 is 19.7 Å². The molecule has 1 fully saturated rings. The minimum Gasteiger partial charge on any atom is -0.462 e. The first kappa shape index (κ1) is 30.3. The molecule has 222 valence electrons. The first-order chi connectivity index (χ1) is 19.9. The molecule has 2 heterocycles. The molecule has 1 aliphatic heterocycles. The van der Waals surface area contributed by atoms with Crippen LogP contribution in [0, 0.1) is 27.2 Å². The molecule has 0 spiro atoms. The predicted octanol–water partition coefficient (Wildman–Crippen LogP) is 3.33. The van der Waals surface area contributed by atoms with Crippen molar-refractivity contribution >= 4 is 61.1 Å². The first-order valence-electron chi connectivity index (χ1n) is 12.3. The van der Waals surface area contributed by atoms with Gasteiger partial charge in [0.1, 0.15) is 4.88 Å². The molecule has 42 heavy (non-hydrogen) atoms. The molecule has 1 aliphatic rings. The van der Waals surface area contributed by atoms with Crippen LogP contribution in [0.4, 0.5) is 27.9 Å². The summed E-state index contributed by atoms with van der Waals surface area (Å²) in [6, 6.07) is 6.84. The van der Waals surface area contributed by atoms with Gasteiger partial charge in [0, 0.05) is 30.9 Å². The highest BCUT2D eigenvalue weighted by atomic mass is 32.2. The summed E-state index contributed by atoms with van der Waals surface area (Å²) in [6.45, 7) is 4.19. The molecular weight excluding hydrogens is 596 g/mol. The number of aryl methyl sites for hydroxylation is 1. The number of ether oxygens (including phenoxy) is 2. The normalized spacial score (nSPS) is 13.3. The molecule has 1 aromatic heterocycles. The minimum atomic E-state index is -4.13. The van der Waals surface area contributed by atoms with Gasteiger partial charge >= 0.3 is 5.97 Å². The second-order valence-electron chi connectivity index (χ2n) is 8.71. The number of hydrogen-bond acceptors (Lipinski definition) is 13. The number of sulfonamides is 1. The van der Waals surface area contributed by atoms with Crippen LogP contribution in [-0.2, 0) is 19.5 Å². The van der Waals surface area contributed by atoms with Gasteiger partial charge in [-0.05, 0) is 38.1 Å². The van der Waals surface area contributed by atoms with E-state index in [1.54, 1.807) is 6.92 Å². The van der Waals surface area contributed by atoms with E-state index in [-0.39, 0.29) is 64.8 Å². The molecule has 1 saturated heterocycles. The van der Waals surface area contributed by atoms with Crippen molar-refractivity contribution in [1.29, 1.82) is 0 Å². The number of carbonyl (C=O) groups is 2. The number of anilines is 3. The Hall–Kier alpha value is -4.68. The van der Waals surface area contributed by atoms with Gasteiger partial charge in [-0.25, -0.2) is 18.2 Å². The lowest BCUT2D eigenvalue weighted by atomic mass is 10.1. The van der Waals surface area contributed by atoms with E-state index in [1.165, 1.54) is 36.1 Å². The number of carbonyl (C=O) groups excluding carboxylic acids is 2. The number of esters is 1. The molecule has 0 radical (unpaired) electrons. The van der Waals surface area contributed by atoms with Crippen LogP contribution in [0.3, 0.4) is 0 Å². The molecule has 0 saturated carbocycles. The lowest BCUT2D eigenvalue weighted by Crippen LogP contribution is -2.37. The van der Waals surface area contributed by atoms with Crippen LogP contribution < -0.4 is 14.9 Å². The zero-order valence-electron chi connectivity index (χ0n) is 22.2. The highest BCUT2D eigenvalue weighted by molar-refractivity contribution is 7.93. The molecule has 18 heteroatoms. The average Bonchev–Trinajstić information content (AvgIpc) is 3.32. The number of rotatable bonds is 10. The number of amides is 1. The number of aromatic nitrogens is 1. The number of hydrogen-bond donors (Lipinski definition) is 2. The van der Waals surface area contributed by atoms with Crippen LogP contribution in [0.1, 0.15) is 32.6 Å². The molecule has 0 bridgehead atoms. The number of benzene rings is 2. The summed E-state index contributed by atoms with van der Waals surface area (Å²) in [4.78, 5) is 52.5. The molecular formula is C24H24N6O10S2. The van der Waals surface area contributed by atoms with Gasteiger partial charge in [-0.2, -0.15) is 0 Å². The van der Waals surface area contributed by atoms with Crippen LogP contribution >= 0.6 is 11.3 Å². The van der Waals surface area contributed by atoms with E-state index >= 15 is 0 Å². The summed E-state index contributed by atoms with van der Waals surface area (Å²) >= 11 is 0.816. The SMILES string of the molecule is CCOC(=O)c1sc(NS(=O)(=O)c2ccc(NC(=O)c3cc([N+](=O)[O-])c(N4CCOCC4)c([N+](=O)[O-])c3)cc2)nc1C. The predicted molar refractivity (Wildman–Crippen MR) is 151 cm³/mol. The van der Waals surface area contributed by atoms with Crippen LogP contribution in [0.25, 0.3) is 0 Å². The largest absolute Gasteiger partial charge is 0.462 e. The zero-order chi connectivity index (χ0) is 30.6. The van der Waals surface area contributed by atoms with Gasteiger partial charge in [0.25, 0.3) is 27.3 Å². The molecule has 4 rings (SSSR count). The van der Waals surface area contributed by atoms with Gasteiger partial charge in [-0.15, -0.1) is 0 Å². The Kier molecular flexibility index (Phi) is 8.98. The van der Waals surface area contributed by atoms with Gasteiger partial charge in [-0.3, -0.25) is 29.7 Å². The summed E-state index contributed by atoms with van der Waals surface area (Å²) in [5.74, 6) is -1.50. The summed E-state index contributed by atoms with van der Waals surface area (Å²) in [7, 11) is -4.13. The fourth-order valence-electron chi connectivity index (χ4n) is 4.05. The fourth-order valence-corrected chi connectivity index (χ4v) is 6.14. The number of thiazole rings is 1. The number of nitrogens with one attached hydrogen (secondary N) is 2. The van der Waals surface area contributed by atoms with Crippen LogP contribution in [0.15, 0.2) is 41.3 Å². The molecule has 0 atom stereocenters. The fraction of sp³-hybridized carbons (Fsp3) is 0.292. The van der Waals surface area contributed by atoms with Crippen molar-refractivity contribution in [3.05, 3.63) is 72.8 Å². The lowest BCUT2D eigenvalue weighted by molar-refractivity contribution is -0.392. The summed E-state index contributed by atoms with van der Waals surface area (Å²) in [6.07, 6.45) is 0. The molecule has 1 amide bonds. The van der Waals surface area contributed by atoms with Crippen molar-refractivity contribution < 1.29 is 37.3 Å². The summed E-state index contributed by atoms with van der Waals surface area (Å²) < 4.78 is 38.1. The third-order valence-electron chi connectivity index (χ3n) is 5.95. The topological polar surface area (TPSA) is 213 Å². The molecule has 2 aromatic carbocycles. The maximum atomic E-state index is 12.9. The van der Waals surface area contributed by atoms with E-state index in [4.69, 9.17) is 9.47 Å². The summed E-state index contributed by atoms with van der Waals surface area (Å²) in [5.41, 5.74) is -1.33. The van der Waals surface area contributed by atoms with Crippen molar-refractivity contribution in [3.63, 3.8) is 0 Å². The Morgan fingerprint density at radius 3 is 2.24 bits per heavy atom. The zero-order valence-corrected chi connectivity index (χ0v) is 23.8. The molecule has 0 aliphatic carbocycles. The Labute approximate surface area is 242 Å². The third kappa shape index (κ3) is 6.61. The van der Waals surface area contributed by atoms with Crippen LogP contribution in [0.5, 0.6) is 0 Å². The summed E-state index contributed by atoms with van der Waals surface area (Å²) in [5, 5.41) is 26.1. The van der Waals surface area contributed by atoms with E-state index < -0.39 is 43.1 Å². The molecule has 3 aromatic rings. The van der Waals surface area contributed by atoms with Crippen molar-refractivity contribution in [2.24, 2.45) is 0 Å². The Morgan fingerprint density at radius 2 is 1.69 bits per heavy atom. The van der Waals surface area contributed by atoms with Crippen LogP contribution in [-0.4, -0.2) is 68.0 Å². The monoisotopic (exact) mass is 620 g/mol. The van der Waals surface area contributed by atoms with Crippen molar-refractivity contribution in [2.75, 3.05) is 47.8 Å². The average molecular weight is 621 g/mol. The number of nitro groups is 2. The van der Waals surface area contributed by atoms with Crippen molar-refractivity contribution in [3.8, 4) is 0 Å². The van der Waals surface area contributed by atoms with Gasteiger partial charge in [0.05, 0.1) is 45.8 Å². The quantitative estimate of drug-likeness (QED) is 0.190. The Morgan fingerprint density at radius 1 is 1.10 bits per heavy atom. The van der Waals surface area contributed by atoms with Gasteiger partial charge in [0.15, 0.2) is 10.8 Å². The van der Waals surface area contributed by atoms with E-state index in [0.717, 1.165) is 23.5 Å². The van der Waals surface area contributed by atoms with Crippen LogP contribution in [0.2, 0.25) is 0 Å². The van der Waals surface area contributed by atoms with E-state index in [0.29, 0.717) is 5.69 Å². The third-order valence-corrected chi connectivity index (χ3v) is 8.49. The number of nitrogens with zero attached hydrogens (tertiary/aromatic N) is 4. The molecule has 0 unspecified atom stereocenters. The Balaban J connectivity index is 1.54. The highest BCUT2D eigenvalue weighted by Crippen LogP contribution is 2.39. The van der Waals surface area contributed by atoms with Crippen molar-refractivity contribution in [2.45, 2.75) is 18.7 Å². The Bertz CT molecular complexity index is 1620. The highest BCUT2D eigenvalue weighted by Gasteiger charge is 2.33. The second kappa shape index (κ2) is 12.5. The number of morpholine rings is 1. The lowest BCUT2D eigenvalue weighted by Gasteiger charge is -2.28. The standard InChI is InChI=1S/C24H24N6O10S2/c1-3-40-23(32)21-14(2)25-24(41-21)27-42(37,38)17-6-4-16(5-7-17)26-22(31)15-12-18(29(33)34)20(19(13-15)30(35)36)28-8-10-39-11-9-28/h4-7,12-13H,3,8-11H2,1-2H3,(H,25,27)(H,26,31). The van der Waals surface area contributed by atoms with Gasteiger partial charge in [0.2, 0.25) is 0 Å². The minimum absolute atomic E-state index is 0.0448. The van der Waals surface area contributed by atoms with E-state index in [1.807, 2.05) is 0 Å². The molecule has 16 nitrogen and oxygen atoms in total. The maximum Gasteiger partial charge on any atom is 0.350 e. The molecule has 2 N–H and O–H groups in total. The van der Waals surface area contributed by atoms with E-state index in [2.05, 4.69) is 15.0 Å².